The molecule has 0 aliphatic carbocycles. The van der Waals surface area contributed by atoms with Crippen LogP contribution < -0.4 is 10.9 Å². The number of carbonyl (C=O) groups excluding carboxylic acids is 2. The van der Waals surface area contributed by atoms with E-state index in [0.29, 0.717) is 40.6 Å². The van der Waals surface area contributed by atoms with E-state index in [2.05, 4.69) is 15.2 Å². The summed E-state index contributed by atoms with van der Waals surface area (Å²) in [5.74, 6) is -0.275. The third kappa shape index (κ3) is 3.59. The summed E-state index contributed by atoms with van der Waals surface area (Å²) >= 11 is 6.36. The standard InChI is InChI=1S/C23H23ClN4O4/c1-32-23(31)22-21(20-15(24)4-2-5-16(20)25-22)26-18(29)12-27-9-13-8-14(11-27)17-6-3-7-19(30)28(17)10-13/h2-7,13-14,25H,8-12H2,1H3,(H,26,29)/t13-,14-/m1/s1. The highest BCUT2D eigenvalue weighted by Crippen LogP contribution is 2.36. The molecule has 1 saturated heterocycles. The van der Waals surface area contributed by atoms with Crippen LogP contribution in [0.5, 0.6) is 0 Å². The fourth-order valence-electron chi connectivity index (χ4n) is 5.09. The lowest BCUT2D eigenvalue weighted by molar-refractivity contribution is -0.117. The van der Waals surface area contributed by atoms with Crippen LogP contribution in [0.15, 0.2) is 41.2 Å². The lowest BCUT2D eigenvalue weighted by Gasteiger charge is -2.42. The van der Waals surface area contributed by atoms with Gasteiger partial charge >= 0.3 is 5.97 Å². The van der Waals surface area contributed by atoms with Gasteiger partial charge in [-0.25, -0.2) is 4.79 Å². The Bertz CT molecular complexity index is 1280. The average Bonchev–Trinajstić information content (AvgIpc) is 3.13. The van der Waals surface area contributed by atoms with E-state index in [1.54, 1.807) is 30.3 Å². The number of aromatic amines is 1. The van der Waals surface area contributed by atoms with Gasteiger partial charge in [-0.1, -0.05) is 23.7 Å². The van der Waals surface area contributed by atoms with Crippen LogP contribution in [0.25, 0.3) is 10.9 Å². The van der Waals surface area contributed by atoms with Crippen LogP contribution in [-0.4, -0.2) is 53.1 Å². The van der Waals surface area contributed by atoms with Gasteiger partial charge in [0.1, 0.15) is 5.69 Å². The molecular weight excluding hydrogens is 432 g/mol. The fraction of sp³-hybridized carbons (Fsp3) is 0.348. The first-order valence-corrected chi connectivity index (χ1v) is 10.9. The van der Waals surface area contributed by atoms with Gasteiger partial charge in [-0.15, -0.1) is 0 Å². The monoisotopic (exact) mass is 454 g/mol. The maximum Gasteiger partial charge on any atom is 0.356 e. The van der Waals surface area contributed by atoms with Crippen LogP contribution in [-0.2, 0) is 16.1 Å². The van der Waals surface area contributed by atoms with E-state index in [4.69, 9.17) is 16.3 Å². The minimum absolute atomic E-state index is 0.0370. The molecule has 1 amide bonds. The van der Waals surface area contributed by atoms with Crippen molar-refractivity contribution >= 4 is 40.1 Å². The summed E-state index contributed by atoms with van der Waals surface area (Å²) in [4.78, 5) is 42.6. The smallest absolute Gasteiger partial charge is 0.356 e. The summed E-state index contributed by atoms with van der Waals surface area (Å²) in [6, 6.07) is 10.7. The summed E-state index contributed by atoms with van der Waals surface area (Å²) < 4.78 is 6.74. The molecule has 4 heterocycles. The highest BCUT2D eigenvalue weighted by atomic mass is 35.5. The molecule has 5 rings (SSSR count). The molecule has 32 heavy (non-hydrogen) atoms. The van der Waals surface area contributed by atoms with E-state index in [-0.39, 0.29) is 29.6 Å². The molecule has 166 valence electrons. The van der Waals surface area contributed by atoms with E-state index < -0.39 is 5.97 Å². The minimum Gasteiger partial charge on any atom is -0.464 e. The Kier molecular flexibility index (Phi) is 5.27. The van der Waals surface area contributed by atoms with E-state index in [9.17, 15) is 14.4 Å². The second kappa shape index (κ2) is 8.11. The van der Waals surface area contributed by atoms with E-state index in [1.165, 1.54) is 7.11 Å². The molecule has 0 radical (unpaired) electrons. The number of hydrogen-bond acceptors (Lipinski definition) is 5. The van der Waals surface area contributed by atoms with E-state index in [0.717, 1.165) is 18.7 Å². The third-order valence-corrected chi connectivity index (χ3v) is 6.66. The van der Waals surface area contributed by atoms with Crippen molar-refractivity contribution in [2.75, 3.05) is 32.1 Å². The lowest BCUT2D eigenvalue weighted by Crippen LogP contribution is -2.49. The molecule has 1 aromatic carbocycles. The van der Waals surface area contributed by atoms with Crippen molar-refractivity contribution in [3.05, 3.63) is 63.2 Å². The van der Waals surface area contributed by atoms with Crippen LogP contribution >= 0.6 is 11.6 Å². The number of pyridine rings is 1. The first-order valence-electron chi connectivity index (χ1n) is 10.5. The van der Waals surface area contributed by atoms with Crippen molar-refractivity contribution in [1.29, 1.82) is 0 Å². The maximum absolute atomic E-state index is 13.0. The van der Waals surface area contributed by atoms with Crippen LogP contribution in [0, 0.1) is 5.92 Å². The number of nitrogens with zero attached hydrogens (tertiary/aromatic N) is 2. The van der Waals surface area contributed by atoms with Crippen molar-refractivity contribution in [3.63, 3.8) is 0 Å². The van der Waals surface area contributed by atoms with E-state index >= 15 is 0 Å². The van der Waals surface area contributed by atoms with Crippen molar-refractivity contribution in [2.24, 2.45) is 5.92 Å². The number of nitrogens with one attached hydrogen (secondary N) is 2. The molecule has 9 heteroatoms. The second-order valence-electron chi connectivity index (χ2n) is 8.47. The first-order chi connectivity index (χ1) is 15.4. The molecule has 2 N–H and O–H groups in total. The molecule has 8 nitrogen and oxygen atoms in total. The van der Waals surface area contributed by atoms with E-state index in [1.807, 2.05) is 10.6 Å². The zero-order valence-corrected chi connectivity index (χ0v) is 18.3. The van der Waals surface area contributed by atoms with Crippen LogP contribution in [0.3, 0.4) is 0 Å². The number of fused-ring (bicyclic) bond motifs is 5. The minimum atomic E-state index is -0.581. The predicted octanol–water partition coefficient (Wildman–Crippen LogP) is 2.83. The number of halogens is 1. The molecule has 2 atom stereocenters. The molecule has 0 unspecified atom stereocenters. The van der Waals surface area contributed by atoms with Gasteiger partial charge in [-0.05, 0) is 30.5 Å². The number of aromatic nitrogens is 2. The molecule has 0 spiro atoms. The number of carbonyl (C=O) groups is 2. The SMILES string of the molecule is COC(=O)c1[nH]c2cccc(Cl)c2c1NC(=O)CN1C[C@H]2C[C@H](C1)c1cccc(=O)n1C2. The Labute approximate surface area is 189 Å². The topological polar surface area (TPSA) is 96.4 Å². The van der Waals surface area contributed by atoms with Crippen molar-refractivity contribution < 1.29 is 14.3 Å². The number of ether oxygens (including phenoxy) is 1. The number of hydrogen-bond donors (Lipinski definition) is 2. The molecule has 0 saturated carbocycles. The number of amides is 1. The van der Waals surface area contributed by atoms with Gasteiger partial charge in [0, 0.05) is 48.2 Å². The molecule has 3 aromatic rings. The van der Waals surface area contributed by atoms with Crippen molar-refractivity contribution in [3.8, 4) is 0 Å². The number of H-pyrrole nitrogens is 1. The Morgan fingerprint density at radius 1 is 1.19 bits per heavy atom. The highest BCUT2D eigenvalue weighted by Gasteiger charge is 2.35. The Morgan fingerprint density at radius 2 is 2.00 bits per heavy atom. The third-order valence-electron chi connectivity index (χ3n) is 6.35. The zero-order valence-electron chi connectivity index (χ0n) is 17.6. The Morgan fingerprint density at radius 3 is 2.81 bits per heavy atom. The number of methoxy groups -OCH3 is 1. The number of rotatable bonds is 4. The van der Waals surface area contributed by atoms with Gasteiger partial charge in [0.25, 0.3) is 5.56 Å². The molecule has 2 aliphatic heterocycles. The van der Waals surface area contributed by atoms with Gasteiger partial charge in [-0.2, -0.15) is 0 Å². The van der Waals surface area contributed by atoms with Gasteiger partial charge in [0.15, 0.2) is 0 Å². The number of piperidine rings is 1. The first kappa shape index (κ1) is 20.8. The molecule has 1 fully saturated rings. The summed E-state index contributed by atoms with van der Waals surface area (Å²) in [5.41, 5.74) is 2.21. The van der Waals surface area contributed by atoms with Gasteiger partial charge in [0.2, 0.25) is 5.91 Å². The number of esters is 1. The number of anilines is 1. The quantitative estimate of drug-likeness (QED) is 0.591. The van der Waals surface area contributed by atoms with Crippen LogP contribution in [0.1, 0.15) is 28.5 Å². The summed E-state index contributed by atoms with van der Waals surface area (Å²) in [7, 11) is 1.29. The summed E-state index contributed by atoms with van der Waals surface area (Å²) in [6.45, 7) is 2.30. The normalized spacial score (nSPS) is 20.1. The maximum atomic E-state index is 13.0. The van der Waals surface area contributed by atoms with Gasteiger partial charge in [0.05, 0.1) is 24.4 Å². The predicted molar refractivity (Wildman–Crippen MR) is 121 cm³/mol. The van der Waals surface area contributed by atoms with Crippen molar-refractivity contribution in [1.82, 2.24) is 14.5 Å². The zero-order chi connectivity index (χ0) is 22.4. The Hall–Kier alpha value is -3.10. The summed E-state index contributed by atoms with van der Waals surface area (Å²) in [6.07, 6.45) is 1.02. The van der Waals surface area contributed by atoms with Gasteiger partial charge in [-0.3, -0.25) is 14.5 Å². The highest BCUT2D eigenvalue weighted by molar-refractivity contribution is 6.37. The molecular formula is C23H23ClN4O4. The fourth-order valence-corrected chi connectivity index (χ4v) is 5.36. The second-order valence-corrected chi connectivity index (χ2v) is 8.88. The average molecular weight is 455 g/mol. The summed E-state index contributed by atoms with van der Waals surface area (Å²) in [5, 5.41) is 3.88. The molecule has 2 aliphatic rings. The van der Waals surface area contributed by atoms with Crippen molar-refractivity contribution in [2.45, 2.75) is 18.9 Å². The molecule has 2 bridgehead atoms. The van der Waals surface area contributed by atoms with Crippen LogP contribution in [0.2, 0.25) is 5.02 Å². The van der Waals surface area contributed by atoms with Gasteiger partial charge < -0.3 is 19.6 Å². The number of benzene rings is 1. The number of likely N-dealkylation sites (tertiary alicyclic amines) is 1. The molecule has 2 aromatic heterocycles. The van der Waals surface area contributed by atoms with Crippen LogP contribution in [0.4, 0.5) is 5.69 Å². The lowest BCUT2D eigenvalue weighted by atomic mass is 9.83. The Balaban J connectivity index is 1.37. The largest absolute Gasteiger partial charge is 0.464 e.